The highest BCUT2D eigenvalue weighted by Crippen LogP contribution is 2.41. The molecule has 0 bridgehead atoms. The number of benzene rings is 1. The zero-order chi connectivity index (χ0) is 28.0. The Kier molecular flexibility index (Phi) is 10.2. The van der Waals surface area contributed by atoms with Crippen LogP contribution in [0.25, 0.3) is 11.8 Å². The smallest absolute Gasteiger partial charge is 0.186 e. The lowest BCUT2D eigenvalue weighted by atomic mass is 9.71. The Morgan fingerprint density at radius 1 is 1.00 bits per heavy atom. The molecule has 1 aliphatic rings. The molecule has 0 spiro atoms. The number of halogens is 1. The average molecular weight is 521 g/mol. The van der Waals surface area contributed by atoms with Gasteiger partial charge in [-0.05, 0) is 54.5 Å². The second-order valence-electron chi connectivity index (χ2n) is 10.8. The van der Waals surface area contributed by atoms with Gasteiger partial charge >= 0.3 is 0 Å². The Balaban J connectivity index is 0.00000235. The molecule has 37 heavy (non-hydrogen) atoms. The third kappa shape index (κ3) is 7.52. The van der Waals surface area contributed by atoms with Crippen molar-refractivity contribution in [3.05, 3.63) is 87.4 Å². The van der Waals surface area contributed by atoms with Crippen LogP contribution in [0, 0.1) is 17.8 Å². The summed E-state index contributed by atoms with van der Waals surface area (Å²) in [6.07, 6.45) is 8.93. The van der Waals surface area contributed by atoms with Gasteiger partial charge in [0.2, 0.25) is 0 Å². The molecule has 0 amide bonds. The van der Waals surface area contributed by atoms with Crippen LogP contribution in [0.1, 0.15) is 85.8 Å². The third-order valence-electron chi connectivity index (χ3n) is 5.81. The Labute approximate surface area is 227 Å². The molecule has 0 aliphatic heterocycles. The van der Waals surface area contributed by atoms with Crippen molar-refractivity contribution in [2.75, 3.05) is 0 Å². The van der Waals surface area contributed by atoms with Gasteiger partial charge in [-0.25, -0.2) is 0 Å². The number of carbonyl (C=O) groups excluding carboxylic acids is 1. The molecule has 5 heteroatoms. The van der Waals surface area contributed by atoms with Crippen molar-refractivity contribution in [3.63, 3.8) is 0 Å². The maximum absolute atomic E-state index is 13.5. The van der Waals surface area contributed by atoms with Gasteiger partial charge in [0.15, 0.2) is 11.5 Å². The number of carbonyl (C=O) groups is 1. The summed E-state index contributed by atoms with van der Waals surface area (Å²) in [6, 6.07) is 9.29. The van der Waals surface area contributed by atoms with E-state index in [1.807, 2.05) is 63.3 Å². The number of furan rings is 1. The SMILES string of the molecule is CC.CC/C=C\c1cc(C(N=Nc2ccccc2Cl)=C2C=C(C(C)(C)C)C(=O)C(C(C)(C)C)=C2)oc1C. The Bertz CT molecular complexity index is 1240. The molecular weight excluding hydrogens is 480 g/mol. The van der Waals surface area contributed by atoms with E-state index in [0.717, 1.165) is 34.5 Å². The molecule has 1 aliphatic carbocycles. The lowest BCUT2D eigenvalue weighted by molar-refractivity contribution is -0.114. The third-order valence-corrected chi connectivity index (χ3v) is 6.13. The molecule has 0 unspecified atom stereocenters. The Morgan fingerprint density at radius 2 is 1.57 bits per heavy atom. The lowest BCUT2D eigenvalue weighted by Gasteiger charge is -2.31. The molecule has 1 aromatic heterocycles. The molecule has 0 fully saturated rings. The fourth-order valence-corrected chi connectivity index (χ4v) is 3.96. The molecule has 0 saturated carbocycles. The highest BCUT2D eigenvalue weighted by molar-refractivity contribution is 6.32. The maximum atomic E-state index is 13.5. The summed E-state index contributed by atoms with van der Waals surface area (Å²) in [6.45, 7) is 20.3. The molecule has 0 N–H and O–H groups in total. The van der Waals surface area contributed by atoms with Crippen LogP contribution in [-0.2, 0) is 4.79 Å². The largest absolute Gasteiger partial charge is 0.459 e. The van der Waals surface area contributed by atoms with Crippen molar-refractivity contribution in [1.82, 2.24) is 0 Å². The molecule has 1 aromatic carbocycles. The van der Waals surface area contributed by atoms with Gasteiger partial charge < -0.3 is 4.42 Å². The summed E-state index contributed by atoms with van der Waals surface area (Å²) >= 11 is 6.34. The van der Waals surface area contributed by atoms with Gasteiger partial charge in [-0.3, -0.25) is 4.79 Å². The van der Waals surface area contributed by atoms with E-state index in [1.165, 1.54) is 0 Å². The topological polar surface area (TPSA) is 54.9 Å². The summed E-state index contributed by atoms with van der Waals surface area (Å²) in [5, 5.41) is 9.62. The highest BCUT2D eigenvalue weighted by Gasteiger charge is 2.35. The standard InChI is InChI=1S/C30H35ClN2O2.C2H6/c1-9-10-13-20-18-26(35-19(20)2)27(33-32-25-15-12-11-14-24(25)31)21-16-22(29(3,4)5)28(34)23(17-21)30(6,7)8;1-2/h10-18H,9H2,1-8H3;1-2H3/b13-10-,33-32?;. The first-order valence-electron chi connectivity index (χ1n) is 13.0. The average Bonchev–Trinajstić information content (AvgIpc) is 3.19. The van der Waals surface area contributed by atoms with Crippen LogP contribution in [0.3, 0.4) is 0 Å². The number of Topliss-reactive ketones (excluding diaryl/α,β-unsaturated/α-hetero) is 1. The van der Waals surface area contributed by atoms with Crippen molar-refractivity contribution in [1.29, 1.82) is 0 Å². The Morgan fingerprint density at radius 3 is 2.08 bits per heavy atom. The van der Waals surface area contributed by atoms with E-state index in [9.17, 15) is 4.79 Å². The fraction of sp³-hybridized carbons (Fsp3) is 0.406. The van der Waals surface area contributed by atoms with Gasteiger partial charge in [0.05, 0.1) is 5.02 Å². The van der Waals surface area contributed by atoms with Crippen molar-refractivity contribution in [2.24, 2.45) is 21.1 Å². The van der Waals surface area contributed by atoms with Crippen LogP contribution >= 0.6 is 11.6 Å². The first kappa shape index (κ1) is 30.2. The maximum Gasteiger partial charge on any atom is 0.186 e. The van der Waals surface area contributed by atoms with Crippen molar-refractivity contribution < 1.29 is 9.21 Å². The second kappa shape index (κ2) is 12.5. The van der Waals surface area contributed by atoms with Gasteiger partial charge in [0, 0.05) is 22.3 Å². The van der Waals surface area contributed by atoms with Crippen LogP contribution in [0.15, 0.2) is 79.9 Å². The fourth-order valence-electron chi connectivity index (χ4n) is 3.79. The van der Waals surface area contributed by atoms with E-state index in [1.54, 1.807) is 6.07 Å². The summed E-state index contributed by atoms with van der Waals surface area (Å²) in [5.74, 6) is 1.45. The zero-order valence-corrected chi connectivity index (χ0v) is 24.7. The second-order valence-corrected chi connectivity index (χ2v) is 11.2. The summed E-state index contributed by atoms with van der Waals surface area (Å²) in [4.78, 5) is 13.5. The number of rotatable bonds is 5. The normalized spacial score (nSPS) is 14.6. The molecular formula is C32H41ClN2O2. The lowest BCUT2D eigenvalue weighted by Crippen LogP contribution is -2.28. The van der Waals surface area contributed by atoms with Crippen molar-refractivity contribution in [3.8, 4) is 0 Å². The van der Waals surface area contributed by atoms with E-state index in [-0.39, 0.29) is 16.6 Å². The quantitative estimate of drug-likeness (QED) is 0.368. The molecule has 0 saturated heterocycles. The Hall–Kier alpha value is -2.98. The van der Waals surface area contributed by atoms with E-state index < -0.39 is 0 Å². The van der Waals surface area contributed by atoms with Gasteiger partial charge in [-0.2, -0.15) is 0 Å². The van der Waals surface area contributed by atoms with E-state index >= 15 is 0 Å². The van der Waals surface area contributed by atoms with Gasteiger partial charge in [-0.1, -0.05) is 98.2 Å². The number of nitrogens with zero attached hydrogens (tertiary/aromatic N) is 2. The molecule has 3 rings (SSSR count). The van der Waals surface area contributed by atoms with E-state index in [2.05, 4.69) is 64.8 Å². The number of hydrogen-bond acceptors (Lipinski definition) is 4. The highest BCUT2D eigenvalue weighted by atomic mass is 35.5. The number of allylic oxidation sites excluding steroid dienone is 6. The molecule has 0 radical (unpaired) electrons. The summed E-state index contributed by atoms with van der Waals surface area (Å²) < 4.78 is 6.17. The monoisotopic (exact) mass is 520 g/mol. The minimum Gasteiger partial charge on any atom is -0.459 e. The van der Waals surface area contributed by atoms with Gasteiger partial charge in [-0.15, -0.1) is 10.2 Å². The van der Waals surface area contributed by atoms with E-state index in [4.69, 9.17) is 16.0 Å². The minimum atomic E-state index is -0.341. The minimum absolute atomic E-state index is 0.0679. The first-order valence-corrected chi connectivity index (χ1v) is 13.4. The predicted octanol–water partition coefficient (Wildman–Crippen LogP) is 10.7. The number of azo groups is 1. The van der Waals surface area contributed by atoms with Gasteiger partial charge in [0.1, 0.15) is 17.1 Å². The molecule has 4 nitrogen and oxygen atoms in total. The van der Waals surface area contributed by atoms with Crippen LogP contribution in [-0.4, -0.2) is 5.78 Å². The van der Waals surface area contributed by atoms with Crippen LogP contribution in [0.5, 0.6) is 0 Å². The van der Waals surface area contributed by atoms with Crippen LogP contribution in [0.4, 0.5) is 5.69 Å². The summed E-state index contributed by atoms with van der Waals surface area (Å²) in [7, 11) is 0. The zero-order valence-electron chi connectivity index (χ0n) is 24.0. The molecule has 2 aromatic rings. The van der Waals surface area contributed by atoms with Crippen molar-refractivity contribution >= 4 is 34.8 Å². The number of aryl methyl sites for hydroxylation is 1. The molecule has 198 valence electrons. The number of ketones is 1. The van der Waals surface area contributed by atoms with Crippen molar-refractivity contribution in [2.45, 2.75) is 75.7 Å². The first-order chi connectivity index (χ1) is 17.3. The van der Waals surface area contributed by atoms with E-state index in [0.29, 0.717) is 22.2 Å². The molecule has 0 atom stereocenters. The van der Waals surface area contributed by atoms with Crippen LogP contribution < -0.4 is 0 Å². The number of hydrogen-bond donors (Lipinski definition) is 0. The van der Waals surface area contributed by atoms with Crippen LogP contribution in [0.2, 0.25) is 5.02 Å². The molecule has 1 heterocycles. The van der Waals surface area contributed by atoms with Gasteiger partial charge in [0.25, 0.3) is 0 Å². The predicted molar refractivity (Wildman–Crippen MR) is 157 cm³/mol. The summed E-state index contributed by atoms with van der Waals surface area (Å²) in [5.41, 5.74) is 3.68.